The number of ketones is 1. The molecule has 1 unspecified atom stereocenters. The molecule has 1 N–H and O–H groups in total. The van der Waals surface area contributed by atoms with Crippen LogP contribution in [-0.2, 0) is 9.59 Å². The number of Topliss-reactive ketones (excluding diaryl/α,β-unsaturated/α-hetero) is 1. The van der Waals surface area contributed by atoms with Gasteiger partial charge in [-0.2, -0.15) is 0 Å². The number of carbonyl (C=O) groups excluding carboxylic acids is 1. The average molecular weight is 317 g/mol. The molecule has 1 rings (SSSR count). The van der Waals surface area contributed by atoms with E-state index in [-0.39, 0.29) is 11.2 Å². The number of allylic oxidation sites excluding steroid dienone is 2. The minimum atomic E-state index is -0.703. The van der Waals surface area contributed by atoms with Crippen LogP contribution in [0.4, 0.5) is 0 Å². The lowest BCUT2D eigenvalue weighted by molar-refractivity contribution is -0.137. The molecule has 3 nitrogen and oxygen atoms in total. The van der Waals surface area contributed by atoms with Crippen LogP contribution in [-0.4, -0.2) is 21.7 Å². The standard InChI is InChI=1S/C14H21BrO3/c15-12-9-11(13(16)10-12)7-5-3-1-2-4-6-8-14(17)18/h9,12H,1-8,10H2,(H,17,18). The number of carbonyl (C=O) groups is 2. The summed E-state index contributed by atoms with van der Waals surface area (Å²) in [6, 6.07) is 0. The minimum absolute atomic E-state index is 0.246. The highest BCUT2D eigenvalue weighted by molar-refractivity contribution is 9.09. The van der Waals surface area contributed by atoms with Crippen molar-refractivity contribution in [2.45, 2.75) is 62.6 Å². The maximum absolute atomic E-state index is 11.5. The maximum Gasteiger partial charge on any atom is 0.303 e. The summed E-state index contributed by atoms with van der Waals surface area (Å²) in [5.41, 5.74) is 0.989. The number of carboxylic acids is 1. The van der Waals surface area contributed by atoms with Crippen molar-refractivity contribution in [1.29, 1.82) is 0 Å². The highest BCUT2D eigenvalue weighted by Crippen LogP contribution is 2.25. The van der Waals surface area contributed by atoms with Crippen LogP contribution in [0.25, 0.3) is 0 Å². The summed E-state index contributed by atoms with van der Waals surface area (Å²) in [6.07, 6.45) is 10.0. The van der Waals surface area contributed by atoms with Crippen molar-refractivity contribution in [2.24, 2.45) is 0 Å². The molecule has 102 valence electrons. The predicted molar refractivity (Wildman–Crippen MR) is 75.0 cm³/mol. The van der Waals surface area contributed by atoms with E-state index in [0.29, 0.717) is 12.2 Å². The summed E-state index contributed by atoms with van der Waals surface area (Å²) in [4.78, 5) is 22.0. The number of rotatable bonds is 9. The second-order valence-corrected chi connectivity index (χ2v) is 6.03. The Hall–Kier alpha value is -0.640. The van der Waals surface area contributed by atoms with Crippen LogP contribution >= 0.6 is 15.9 Å². The fourth-order valence-electron chi connectivity index (χ4n) is 2.20. The highest BCUT2D eigenvalue weighted by atomic mass is 79.9. The largest absolute Gasteiger partial charge is 0.481 e. The summed E-state index contributed by atoms with van der Waals surface area (Å²) >= 11 is 3.44. The first-order valence-corrected chi connectivity index (χ1v) is 7.61. The summed E-state index contributed by atoms with van der Waals surface area (Å²) in [5.74, 6) is -0.413. The van der Waals surface area contributed by atoms with Gasteiger partial charge in [-0.15, -0.1) is 0 Å². The predicted octanol–water partition coefficient (Wildman–Crippen LogP) is 3.85. The van der Waals surface area contributed by atoms with Gasteiger partial charge < -0.3 is 5.11 Å². The number of carboxylic acid groups (broad SMARTS) is 1. The van der Waals surface area contributed by atoms with Crippen molar-refractivity contribution in [1.82, 2.24) is 0 Å². The van der Waals surface area contributed by atoms with Crippen LogP contribution in [0, 0.1) is 0 Å². The molecule has 18 heavy (non-hydrogen) atoms. The van der Waals surface area contributed by atoms with E-state index in [9.17, 15) is 9.59 Å². The quantitative estimate of drug-likeness (QED) is 0.519. The van der Waals surface area contributed by atoms with Crippen LogP contribution in [0.3, 0.4) is 0 Å². The third-order valence-electron chi connectivity index (χ3n) is 3.21. The van der Waals surface area contributed by atoms with Crippen molar-refractivity contribution >= 4 is 27.7 Å². The molecule has 0 aromatic rings. The molecular weight excluding hydrogens is 296 g/mol. The lowest BCUT2D eigenvalue weighted by atomic mass is 10.0. The van der Waals surface area contributed by atoms with E-state index in [1.54, 1.807) is 0 Å². The molecular formula is C14H21BrO3. The summed E-state index contributed by atoms with van der Waals surface area (Å²) in [7, 11) is 0. The van der Waals surface area contributed by atoms with Gasteiger partial charge in [-0.3, -0.25) is 9.59 Å². The fourth-order valence-corrected chi connectivity index (χ4v) is 2.81. The molecule has 0 amide bonds. The third-order valence-corrected chi connectivity index (χ3v) is 3.80. The Morgan fingerprint density at radius 3 is 2.39 bits per heavy atom. The van der Waals surface area contributed by atoms with Crippen molar-refractivity contribution in [3.05, 3.63) is 11.6 Å². The van der Waals surface area contributed by atoms with Gasteiger partial charge in [0.25, 0.3) is 0 Å². The van der Waals surface area contributed by atoms with Crippen LogP contribution < -0.4 is 0 Å². The normalized spacial score (nSPS) is 19.1. The second kappa shape index (κ2) is 8.46. The Labute approximate surface area is 117 Å². The lowest BCUT2D eigenvalue weighted by Crippen LogP contribution is -1.97. The molecule has 1 aliphatic rings. The first-order chi connectivity index (χ1) is 8.59. The van der Waals surface area contributed by atoms with Crippen LogP contribution in [0.2, 0.25) is 0 Å². The number of hydrogen-bond acceptors (Lipinski definition) is 2. The van der Waals surface area contributed by atoms with Gasteiger partial charge in [0.05, 0.1) is 0 Å². The lowest BCUT2D eigenvalue weighted by Gasteiger charge is -2.02. The number of halogens is 1. The monoisotopic (exact) mass is 316 g/mol. The fraction of sp³-hybridized carbons (Fsp3) is 0.714. The van der Waals surface area contributed by atoms with Crippen molar-refractivity contribution in [3.8, 4) is 0 Å². The van der Waals surface area contributed by atoms with Gasteiger partial charge >= 0.3 is 5.97 Å². The van der Waals surface area contributed by atoms with Crippen molar-refractivity contribution < 1.29 is 14.7 Å². The smallest absolute Gasteiger partial charge is 0.303 e. The third kappa shape index (κ3) is 6.34. The average Bonchev–Trinajstić information content (AvgIpc) is 2.61. The zero-order valence-corrected chi connectivity index (χ0v) is 12.2. The van der Waals surface area contributed by atoms with Crippen molar-refractivity contribution in [2.75, 3.05) is 0 Å². The molecule has 0 aromatic heterocycles. The molecule has 0 saturated carbocycles. The Bertz CT molecular complexity index is 323. The molecule has 0 spiro atoms. The van der Waals surface area contributed by atoms with Gasteiger partial charge in [0.15, 0.2) is 5.78 Å². The number of unbranched alkanes of at least 4 members (excludes halogenated alkanes) is 5. The van der Waals surface area contributed by atoms with Crippen molar-refractivity contribution in [3.63, 3.8) is 0 Å². The SMILES string of the molecule is O=C(O)CCCCCCCCC1=CC(Br)CC1=O. The number of alkyl halides is 1. The van der Waals surface area contributed by atoms with Gasteiger partial charge in [-0.05, 0) is 24.8 Å². The highest BCUT2D eigenvalue weighted by Gasteiger charge is 2.20. The van der Waals surface area contributed by atoms with Crippen LogP contribution in [0.5, 0.6) is 0 Å². The number of aliphatic carboxylic acids is 1. The van der Waals surface area contributed by atoms with E-state index >= 15 is 0 Å². The molecule has 1 atom stereocenters. The summed E-state index contributed by atoms with van der Waals surface area (Å²) in [6.45, 7) is 0. The minimum Gasteiger partial charge on any atom is -0.481 e. The Kier molecular flexibility index (Phi) is 7.25. The summed E-state index contributed by atoms with van der Waals surface area (Å²) in [5, 5.41) is 8.48. The Morgan fingerprint density at radius 2 is 1.83 bits per heavy atom. The molecule has 0 aromatic carbocycles. The Morgan fingerprint density at radius 1 is 1.22 bits per heavy atom. The van der Waals surface area contributed by atoms with Gasteiger partial charge in [0, 0.05) is 17.7 Å². The number of hydrogen-bond donors (Lipinski definition) is 1. The topological polar surface area (TPSA) is 54.4 Å². The van der Waals surface area contributed by atoms with E-state index < -0.39 is 5.97 Å². The molecule has 0 saturated heterocycles. The molecule has 0 heterocycles. The second-order valence-electron chi connectivity index (χ2n) is 4.85. The van der Waals surface area contributed by atoms with E-state index in [1.807, 2.05) is 6.08 Å². The maximum atomic E-state index is 11.5. The molecule has 0 fully saturated rings. The molecule has 1 aliphatic carbocycles. The first kappa shape index (κ1) is 15.4. The molecule has 0 bridgehead atoms. The summed E-state index contributed by atoms with van der Waals surface area (Å²) < 4.78 is 0. The van der Waals surface area contributed by atoms with Gasteiger partial charge in [-0.1, -0.05) is 47.7 Å². The van der Waals surface area contributed by atoms with Gasteiger partial charge in [0.2, 0.25) is 0 Å². The van der Waals surface area contributed by atoms with Crippen LogP contribution in [0.1, 0.15) is 57.8 Å². The van der Waals surface area contributed by atoms with E-state index in [4.69, 9.17) is 5.11 Å². The molecule has 4 heteroatoms. The van der Waals surface area contributed by atoms with Gasteiger partial charge in [0.1, 0.15) is 0 Å². The van der Waals surface area contributed by atoms with E-state index in [1.165, 1.54) is 0 Å². The van der Waals surface area contributed by atoms with Gasteiger partial charge in [-0.25, -0.2) is 0 Å². The molecule has 0 aliphatic heterocycles. The van der Waals surface area contributed by atoms with E-state index in [0.717, 1.165) is 50.5 Å². The molecule has 0 radical (unpaired) electrons. The zero-order chi connectivity index (χ0) is 13.4. The Balaban J connectivity index is 1.94. The zero-order valence-electron chi connectivity index (χ0n) is 10.7. The van der Waals surface area contributed by atoms with Crippen LogP contribution in [0.15, 0.2) is 11.6 Å². The van der Waals surface area contributed by atoms with E-state index in [2.05, 4.69) is 15.9 Å². The first-order valence-electron chi connectivity index (χ1n) is 6.69.